The Hall–Kier alpha value is -2.25. The number of amides is 1. The van der Waals surface area contributed by atoms with E-state index in [1.54, 1.807) is 18.3 Å². The van der Waals surface area contributed by atoms with Gasteiger partial charge < -0.3 is 18.9 Å². The summed E-state index contributed by atoms with van der Waals surface area (Å²) >= 11 is 0. The van der Waals surface area contributed by atoms with Gasteiger partial charge in [-0.25, -0.2) is 0 Å². The highest BCUT2D eigenvalue weighted by molar-refractivity contribution is 5.82. The molecule has 0 saturated carbocycles. The van der Waals surface area contributed by atoms with Gasteiger partial charge in [0.15, 0.2) is 11.9 Å². The van der Waals surface area contributed by atoms with Gasteiger partial charge in [-0.3, -0.25) is 4.79 Å². The summed E-state index contributed by atoms with van der Waals surface area (Å²) in [5.41, 5.74) is 0.852. The Morgan fingerprint density at radius 1 is 1.42 bits per heavy atom. The van der Waals surface area contributed by atoms with Gasteiger partial charge in [-0.15, -0.1) is 10.2 Å². The average molecular weight is 330 g/mol. The van der Waals surface area contributed by atoms with Crippen molar-refractivity contribution < 1.29 is 14.3 Å². The summed E-state index contributed by atoms with van der Waals surface area (Å²) in [5, 5.41) is 8.09. The summed E-state index contributed by atoms with van der Waals surface area (Å²) in [6.07, 6.45) is 0.814. The molecule has 1 aromatic carbocycles. The van der Waals surface area contributed by atoms with E-state index in [4.69, 9.17) is 9.47 Å². The van der Waals surface area contributed by atoms with Crippen LogP contribution in [0.25, 0.3) is 0 Å². The largest absolute Gasteiger partial charge is 0.367 e. The first kappa shape index (κ1) is 16.6. The molecule has 3 rings (SSSR count). The Balaban J connectivity index is 1.75. The van der Waals surface area contributed by atoms with Crippen LogP contribution in [0.3, 0.4) is 0 Å². The minimum atomic E-state index is -0.603. The molecule has 2 aromatic rings. The van der Waals surface area contributed by atoms with Gasteiger partial charge in [-0.2, -0.15) is 0 Å². The lowest BCUT2D eigenvalue weighted by molar-refractivity contribution is -0.150. The van der Waals surface area contributed by atoms with E-state index >= 15 is 0 Å². The molecule has 2 atom stereocenters. The molecular weight excluding hydrogens is 308 g/mol. The zero-order chi connectivity index (χ0) is 16.9. The molecule has 0 N–H and O–H groups in total. The summed E-state index contributed by atoms with van der Waals surface area (Å²) < 4.78 is 13.2. The van der Waals surface area contributed by atoms with E-state index in [2.05, 4.69) is 10.2 Å². The second-order valence-electron chi connectivity index (χ2n) is 5.65. The van der Waals surface area contributed by atoms with Crippen LogP contribution >= 0.6 is 0 Å². The molecular formula is C17H22N4O3. The standard InChI is InChI=1S/C17H22N4O3/c1-3-20-12-18-19-16(20)14-11-21(9-10-24-14)17(22)15(23-2)13-7-5-4-6-8-13/h4-8,12,14-15H,3,9-11H2,1-2H3. The summed E-state index contributed by atoms with van der Waals surface area (Å²) in [6, 6.07) is 9.53. The molecule has 2 heterocycles. The number of rotatable bonds is 5. The van der Waals surface area contributed by atoms with Gasteiger partial charge in [0.2, 0.25) is 0 Å². The molecule has 1 saturated heterocycles. The Morgan fingerprint density at radius 3 is 2.92 bits per heavy atom. The van der Waals surface area contributed by atoms with Crippen molar-refractivity contribution in [2.75, 3.05) is 26.8 Å². The minimum absolute atomic E-state index is 0.0560. The minimum Gasteiger partial charge on any atom is -0.367 e. The maximum Gasteiger partial charge on any atom is 0.256 e. The van der Waals surface area contributed by atoms with Crippen LogP contribution in [0.1, 0.15) is 30.5 Å². The summed E-state index contributed by atoms with van der Waals surface area (Å²) in [6.45, 7) is 4.25. The number of aromatic nitrogens is 3. The molecule has 0 radical (unpaired) electrons. The first-order valence-corrected chi connectivity index (χ1v) is 8.10. The lowest BCUT2D eigenvalue weighted by atomic mass is 10.1. The van der Waals surface area contributed by atoms with E-state index in [1.807, 2.05) is 41.8 Å². The fraction of sp³-hybridized carbons (Fsp3) is 0.471. The molecule has 1 aromatic heterocycles. The molecule has 1 aliphatic heterocycles. The van der Waals surface area contributed by atoms with Crippen molar-refractivity contribution in [1.82, 2.24) is 19.7 Å². The fourth-order valence-electron chi connectivity index (χ4n) is 2.94. The van der Waals surface area contributed by atoms with Crippen molar-refractivity contribution in [3.63, 3.8) is 0 Å². The Morgan fingerprint density at radius 2 is 2.21 bits per heavy atom. The van der Waals surface area contributed by atoms with Crippen molar-refractivity contribution in [2.24, 2.45) is 0 Å². The van der Waals surface area contributed by atoms with Gasteiger partial charge in [0.25, 0.3) is 5.91 Å². The van der Waals surface area contributed by atoms with Crippen LogP contribution in [0, 0.1) is 0 Å². The molecule has 1 amide bonds. The second kappa shape index (κ2) is 7.55. The number of hydrogen-bond acceptors (Lipinski definition) is 5. The number of nitrogens with zero attached hydrogens (tertiary/aromatic N) is 4. The molecule has 0 spiro atoms. The van der Waals surface area contributed by atoms with E-state index in [0.29, 0.717) is 19.7 Å². The summed E-state index contributed by atoms with van der Waals surface area (Å²) in [7, 11) is 1.56. The maximum absolute atomic E-state index is 12.9. The predicted molar refractivity (Wildman–Crippen MR) is 87.2 cm³/mol. The molecule has 0 aliphatic carbocycles. The normalized spacial score (nSPS) is 19.2. The number of ether oxygens (including phenoxy) is 2. The van der Waals surface area contributed by atoms with Gasteiger partial charge in [-0.05, 0) is 12.5 Å². The van der Waals surface area contributed by atoms with E-state index in [9.17, 15) is 4.79 Å². The van der Waals surface area contributed by atoms with Crippen LogP contribution in [0.15, 0.2) is 36.7 Å². The number of benzene rings is 1. The van der Waals surface area contributed by atoms with E-state index in [1.165, 1.54) is 0 Å². The van der Waals surface area contributed by atoms with Crippen molar-refractivity contribution in [1.29, 1.82) is 0 Å². The number of carbonyl (C=O) groups is 1. The smallest absolute Gasteiger partial charge is 0.256 e. The third kappa shape index (κ3) is 3.32. The van der Waals surface area contributed by atoms with Crippen molar-refractivity contribution in [2.45, 2.75) is 25.7 Å². The molecule has 24 heavy (non-hydrogen) atoms. The molecule has 1 fully saturated rings. The van der Waals surface area contributed by atoms with Crippen LogP contribution in [0.5, 0.6) is 0 Å². The molecule has 128 valence electrons. The number of methoxy groups -OCH3 is 1. The van der Waals surface area contributed by atoms with Crippen molar-refractivity contribution in [3.8, 4) is 0 Å². The predicted octanol–water partition coefficient (Wildman–Crippen LogP) is 1.59. The SMILES string of the molecule is CCn1cnnc1C1CN(C(=O)C(OC)c2ccccc2)CCO1. The zero-order valence-electron chi connectivity index (χ0n) is 14.0. The Labute approximate surface area is 141 Å². The topological polar surface area (TPSA) is 69.5 Å². The molecule has 1 aliphatic rings. The highest BCUT2D eigenvalue weighted by atomic mass is 16.5. The Bertz CT molecular complexity index is 673. The first-order chi connectivity index (χ1) is 11.7. The van der Waals surface area contributed by atoms with Gasteiger partial charge >= 0.3 is 0 Å². The third-order valence-electron chi connectivity index (χ3n) is 4.21. The van der Waals surface area contributed by atoms with Gasteiger partial charge in [0.1, 0.15) is 12.4 Å². The average Bonchev–Trinajstić information content (AvgIpc) is 3.12. The first-order valence-electron chi connectivity index (χ1n) is 8.10. The van der Waals surface area contributed by atoms with Crippen LogP contribution in [0.2, 0.25) is 0 Å². The third-order valence-corrected chi connectivity index (χ3v) is 4.21. The van der Waals surface area contributed by atoms with Crippen molar-refractivity contribution >= 4 is 5.91 Å². The van der Waals surface area contributed by atoms with Gasteiger partial charge in [0, 0.05) is 20.2 Å². The molecule has 7 nitrogen and oxygen atoms in total. The number of aryl methyl sites for hydroxylation is 1. The highest BCUT2D eigenvalue weighted by Gasteiger charge is 2.32. The Kier molecular flexibility index (Phi) is 5.22. The lowest BCUT2D eigenvalue weighted by Gasteiger charge is -2.34. The van der Waals surface area contributed by atoms with Crippen molar-refractivity contribution in [3.05, 3.63) is 48.0 Å². The molecule has 7 heteroatoms. The maximum atomic E-state index is 12.9. The van der Waals surface area contributed by atoms with Crippen LogP contribution < -0.4 is 0 Å². The number of carbonyl (C=O) groups excluding carboxylic acids is 1. The molecule has 2 unspecified atom stereocenters. The molecule has 0 bridgehead atoms. The number of hydrogen-bond donors (Lipinski definition) is 0. The fourth-order valence-corrected chi connectivity index (χ4v) is 2.94. The quantitative estimate of drug-likeness (QED) is 0.832. The number of morpholine rings is 1. The highest BCUT2D eigenvalue weighted by Crippen LogP contribution is 2.25. The lowest BCUT2D eigenvalue weighted by Crippen LogP contribution is -2.45. The zero-order valence-corrected chi connectivity index (χ0v) is 14.0. The monoisotopic (exact) mass is 330 g/mol. The summed E-state index contributed by atoms with van der Waals surface area (Å²) in [4.78, 5) is 14.7. The van der Waals surface area contributed by atoms with E-state index < -0.39 is 6.10 Å². The van der Waals surface area contributed by atoms with E-state index in [0.717, 1.165) is 17.9 Å². The second-order valence-corrected chi connectivity index (χ2v) is 5.65. The van der Waals surface area contributed by atoms with Gasteiger partial charge in [-0.1, -0.05) is 30.3 Å². The summed E-state index contributed by atoms with van der Waals surface area (Å²) in [5.74, 6) is 0.697. The van der Waals surface area contributed by atoms with Gasteiger partial charge in [0.05, 0.1) is 13.2 Å². The van der Waals surface area contributed by atoms with Crippen LogP contribution in [0.4, 0.5) is 0 Å². The van der Waals surface area contributed by atoms with Crippen LogP contribution in [-0.4, -0.2) is 52.4 Å². The van der Waals surface area contributed by atoms with E-state index in [-0.39, 0.29) is 12.0 Å². The van der Waals surface area contributed by atoms with Crippen LogP contribution in [-0.2, 0) is 20.8 Å².